The zero-order valence-electron chi connectivity index (χ0n) is 10.9. The van der Waals surface area contributed by atoms with Crippen LogP contribution in [-0.4, -0.2) is 23.1 Å². The minimum atomic E-state index is -1.56. The van der Waals surface area contributed by atoms with Gasteiger partial charge in [-0.05, 0) is 29.3 Å². The molecule has 1 N–H and O–H groups in total. The van der Waals surface area contributed by atoms with E-state index in [0.717, 1.165) is 12.1 Å². The lowest BCUT2D eigenvalue weighted by Crippen LogP contribution is -2.04. The van der Waals surface area contributed by atoms with E-state index in [9.17, 15) is 19.3 Å². The summed E-state index contributed by atoms with van der Waals surface area (Å²) in [6.45, 7) is 0. The van der Waals surface area contributed by atoms with E-state index in [1.165, 1.54) is 7.11 Å². The number of rotatable bonds is 4. The van der Waals surface area contributed by atoms with Crippen LogP contribution in [0.25, 0.3) is 11.1 Å². The summed E-state index contributed by atoms with van der Waals surface area (Å²) < 4.78 is 18.7. The Kier molecular flexibility index (Phi) is 3.84. The molecule has 0 heterocycles. The predicted octanol–water partition coefficient (Wildman–Crippen LogP) is 3.11. The van der Waals surface area contributed by atoms with Crippen LogP contribution in [0.3, 0.4) is 0 Å². The predicted molar refractivity (Wildman–Crippen MR) is 72.0 cm³/mol. The van der Waals surface area contributed by atoms with Crippen LogP contribution in [0.15, 0.2) is 36.4 Å². The van der Waals surface area contributed by atoms with Crippen LogP contribution in [-0.2, 0) is 0 Å². The molecule has 0 atom stereocenters. The number of halogens is 1. The van der Waals surface area contributed by atoms with E-state index in [1.807, 2.05) is 0 Å². The Bertz CT molecular complexity index is 677. The normalized spacial score (nSPS) is 10.2. The highest BCUT2D eigenvalue weighted by molar-refractivity contribution is 5.91. The Morgan fingerprint density at radius 2 is 1.86 bits per heavy atom. The van der Waals surface area contributed by atoms with Crippen molar-refractivity contribution in [2.75, 3.05) is 7.11 Å². The van der Waals surface area contributed by atoms with Crippen LogP contribution in [0, 0.1) is 15.9 Å². The van der Waals surface area contributed by atoms with Gasteiger partial charge < -0.3 is 9.84 Å². The average Bonchev–Trinajstić information content (AvgIpc) is 2.47. The Morgan fingerprint density at radius 1 is 1.24 bits per heavy atom. The van der Waals surface area contributed by atoms with Crippen LogP contribution in [0.5, 0.6) is 5.75 Å². The smallest absolute Gasteiger partial charge is 0.338 e. The van der Waals surface area contributed by atoms with E-state index in [1.54, 1.807) is 24.3 Å². The summed E-state index contributed by atoms with van der Waals surface area (Å²) >= 11 is 0. The number of carboxylic acids is 1. The average molecular weight is 291 g/mol. The van der Waals surface area contributed by atoms with Gasteiger partial charge in [0.2, 0.25) is 5.82 Å². The summed E-state index contributed by atoms with van der Waals surface area (Å²) in [7, 11) is 1.49. The highest BCUT2D eigenvalue weighted by atomic mass is 19.1. The summed E-state index contributed by atoms with van der Waals surface area (Å²) in [6, 6.07) is 8.49. The van der Waals surface area contributed by atoms with Gasteiger partial charge in [-0.1, -0.05) is 12.1 Å². The highest BCUT2D eigenvalue weighted by Crippen LogP contribution is 2.30. The maximum atomic E-state index is 13.7. The fourth-order valence-electron chi connectivity index (χ4n) is 1.85. The molecule has 0 saturated heterocycles. The van der Waals surface area contributed by atoms with Gasteiger partial charge in [-0.25, -0.2) is 4.79 Å². The third kappa shape index (κ3) is 2.81. The molecule has 21 heavy (non-hydrogen) atoms. The number of nitrogens with zero attached hydrogens (tertiary/aromatic N) is 1. The molecule has 0 fully saturated rings. The Labute approximate surface area is 118 Å². The quantitative estimate of drug-likeness (QED) is 0.690. The molecule has 108 valence electrons. The molecule has 2 rings (SSSR count). The fraction of sp³-hybridized carbons (Fsp3) is 0.0714. The van der Waals surface area contributed by atoms with Crippen LogP contribution in [0.1, 0.15) is 10.4 Å². The van der Waals surface area contributed by atoms with Gasteiger partial charge >= 0.3 is 11.7 Å². The van der Waals surface area contributed by atoms with E-state index < -0.39 is 28.0 Å². The maximum absolute atomic E-state index is 13.7. The fourth-order valence-corrected chi connectivity index (χ4v) is 1.85. The van der Waals surface area contributed by atoms with E-state index in [2.05, 4.69) is 0 Å². The van der Waals surface area contributed by atoms with Gasteiger partial charge in [0.25, 0.3) is 0 Å². The molecule has 2 aromatic rings. The summed E-state index contributed by atoms with van der Waals surface area (Å²) in [5.41, 5.74) is -0.861. The second kappa shape index (κ2) is 5.58. The largest absolute Gasteiger partial charge is 0.497 e. The van der Waals surface area contributed by atoms with Crippen LogP contribution < -0.4 is 4.74 Å². The first-order valence-corrected chi connectivity index (χ1v) is 5.79. The number of benzene rings is 2. The molecule has 0 aliphatic carbocycles. The van der Waals surface area contributed by atoms with Gasteiger partial charge in [0.05, 0.1) is 12.0 Å². The third-order valence-corrected chi connectivity index (χ3v) is 2.90. The zero-order chi connectivity index (χ0) is 15.6. The SMILES string of the molecule is COc1ccc(-c2cc(C(=O)O)c(F)c([N+](=O)[O-])c2)cc1. The van der Waals surface area contributed by atoms with E-state index in [4.69, 9.17) is 9.84 Å². The molecule has 0 aliphatic rings. The van der Waals surface area contributed by atoms with E-state index in [-0.39, 0.29) is 5.56 Å². The van der Waals surface area contributed by atoms with Gasteiger partial charge in [-0.2, -0.15) is 4.39 Å². The minimum Gasteiger partial charge on any atom is -0.497 e. The van der Waals surface area contributed by atoms with Crippen molar-refractivity contribution in [2.24, 2.45) is 0 Å². The number of hydrogen-bond donors (Lipinski definition) is 1. The number of carbonyl (C=O) groups is 1. The monoisotopic (exact) mass is 291 g/mol. The van der Waals surface area contributed by atoms with Crippen LogP contribution in [0.2, 0.25) is 0 Å². The van der Waals surface area contributed by atoms with Crippen LogP contribution in [0.4, 0.5) is 10.1 Å². The van der Waals surface area contributed by atoms with Gasteiger partial charge in [0.1, 0.15) is 11.3 Å². The number of nitro benzene ring substituents is 1. The molecule has 0 saturated carbocycles. The summed E-state index contributed by atoms with van der Waals surface area (Å²) in [5.74, 6) is -2.34. The van der Waals surface area contributed by atoms with Crippen molar-refractivity contribution in [2.45, 2.75) is 0 Å². The summed E-state index contributed by atoms with van der Waals surface area (Å²) in [4.78, 5) is 20.9. The van der Waals surface area contributed by atoms with Gasteiger partial charge in [-0.3, -0.25) is 10.1 Å². The molecule has 0 bridgehead atoms. The second-order valence-electron chi connectivity index (χ2n) is 4.15. The maximum Gasteiger partial charge on any atom is 0.338 e. The lowest BCUT2D eigenvalue weighted by molar-refractivity contribution is -0.387. The Hall–Kier alpha value is -2.96. The third-order valence-electron chi connectivity index (χ3n) is 2.90. The second-order valence-corrected chi connectivity index (χ2v) is 4.15. The van der Waals surface area contributed by atoms with Crippen molar-refractivity contribution < 1.29 is 24.0 Å². The van der Waals surface area contributed by atoms with Crippen molar-refractivity contribution in [1.29, 1.82) is 0 Å². The number of ether oxygens (including phenoxy) is 1. The first-order valence-electron chi connectivity index (χ1n) is 5.79. The number of methoxy groups -OCH3 is 1. The molecule has 0 aromatic heterocycles. The highest BCUT2D eigenvalue weighted by Gasteiger charge is 2.24. The van der Waals surface area contributed by atoms with Crippen molar-refractivity contribution >= 4 is 11.7 Å². The summed E-state index contributed by atoms with van der Waals surface area (Å²) in [6.07, 6.45) is 0. The first-order chi connectivity index (χ1) is 9.93. The molecular weight excluding hydrogens is 281 g/mol. The van der Waals surface area contributed by atoms with Crippen molar-refractivity contribution in [3.8, 4) is 16.9 Å². The molecule has 6 nitrogen and oxygen atoms in total. The van der Waals surface area contributed by atoms with E-state index >= 15 is 0 Å². The molecule has 7 heteroatoms. The lowest BCUT2D eigenvalue weighted by Gasteiger charge is -2.06. The van der Waals surface area contributed by atoms with Crippen molar-refractivity contribution in [3.05, 3.63) is 57.9 Å². The zero-order valence-corrected chi connectivity index (χ0v) is 10.9. The Balaban J connectivity index is 2.62. The molecular formula is C14H10FNO5. The lowest BCUT2D eigenvalue weighted by atomic mass is 10.0. The van der Waals surface area contributed by atoms with Gasteiger partial charge in [0.15, 0.2) is 0 Å². The summed E-state index contributed by atoms with van der Waals surface area (Å²) in [5, 5.41) is 19.8. The van der Waals surface area contributed by atoms with E-state index in [0.29, 0.717) is 11.3 Å². The number of aromatic carboxylic acids is 1. The van der Waals surface area contributed by atoms with Gasteiger partial charge in [0, 0.05) is 6.07 Å². The number of nitro groups is 1. The topological polar surface area (TPSA) is 89.7 Å². The van der Waals surface area contributed by atoms with Crippen molar-refractivity contribution in [3.63, 3.8) is 0 Å². The Morgan fingerprint density at radius 3 is 2.33 bits per heavy atom. The number of carboxylic acid groups (broad SMARTS) is 1. The molecule has 0 unspecified atom stereocenters. The number of hydrogen-bond acceptors (Lipinski definition) is 4. The molecule has 0 spiro atoms. The minimum absolute atomic E-state index is 0.239. The molecule has 2 aromatic carbocycles. The van der Waals surface area contributed by atoms with Crippen LogP contribution >= 0.6 is 0 Å². The first kappa shape index (κ1) is 14.4. The molecule has 0 radical (unpaired) electrons. The van der Waals surface area contributed by atoms with Crippen molar-refractivity contribution in [1.82, 2.24) is 0 Å². The molecule has 0 aliphatic heterocycles. The molecule has 0 amide bonds. The standard InChI is InChI=1S/C14H10FNO5/c1-21-10-4-2-8(3-5-10)9-6-11(14(17)18)13(15)12(7-9)16(19)20/h2-7H,1H3,(H,17,18). The van der Waals surface area contributed by atoms with Gasteiger partial charge in [-0.15, -0.1) is 0 Å².